The maximum absolute atomic E-state index is 13.7. The van der Waals surface area contributed by atoms with Crippen molar-refractivity contribution in [3.63, 3.8) is 0 Å². The Morgan fingerprint density at radius 1 is 0.800 bits per heavy atom. The maximum atomic E-state index is 13.7. The monoisotopic (exact) mass is 476 g/mol. The van der Waals surface area contributed by atoms with Gasteiger partial charge in [0.15, 0.2) is 0 Å². The predicted molar refractivity (Wildman–Crippen MR) is 122 cm³/mol. The minimum Gasteiger partial charge on any atom is -0.324 e. The lowest BCUT2D eigenvalue weighted by molar-refractivity contribution is -0.121. The van der Waals surface area contributed by atoms with Crippen LogP contribution < -0.4 is 5.32 Å². The van der Waals surface area contributed by atoms with Gasteiger partial charge in [-0.2, -0.15) is 0 Å². The van der Waals surface area contributed by atoms with Crippen LogP contribution in [-0.4, -0.2) is 26.7 Å². The lowest BCUT2D eigenvalue weighted by atomic mass is 10.0. The molecule has 0 aliphatic carbocycles. The van der Waals surface area contributed by atoms with Crippen molar-refractivity contribution >= 4 is 17.5 Å². The van der Waals surface area contributed by atoms with Crippen molar-refractivity contribution in [2.45, 2.75) is 12.6 Å². The average molecular weight is 476 g/mol. The van der Waals surface area contributed by atoms with E-state index < -0.39 is 35.3 Å². The van der Waals surface area contributed by atoms with Gasteiger partial charge in [-0.05, 0) is 59.7 Å². The molecule has 0 fully saturated rings. The Morgan fingerprint density at radius 3 is 1.94 bits per heavy atom. The maximum Gasteiger partial charge on any atom is 0.275 e. The van der Waals surface area contributed by atoms with Gasteiger partial charge in [-0.1, -0.05) is 24.3 Å². The van der Waals surface area contributed by atoms with Gasteiger partial charge in [0, 0.05) is 24.6 Å². The molecule has 176 valence electrons. The Morgan fingerprint density at radius 2 is 1.37 bits per heavy atom. The van der Waals surface area contributed by atoms with Crippen LogP contribution >= 0.6 is 0 Å². The summed E-state index contributed by atoms with van der Waals surface area (Å²) in [6.45, 7) is -0.0887. The van der Waals surface area contributed by atoms with E-state index in [0.717, 1.165) is 0 Å². The molecule has 0 radical (unpaired) electrons. The van der Waals surface area contributed by atoms with Crippen LogP contribution in [0.1, 0.15) is 27.7 Å². The Labute approximate surface area is 199 Å². The molecule has 0 aliphatic heterocycles. The molecule has 0 saturated heterocycles. The largest absolute Gasteiger partial charge is 0.324 e. The molecule has 4 aromatic rings. The first-order chi connectivity index (χ1) is 16.9. The van der Waals surface area contributed by atoms with Gasteiger partial charge in [0.05, 0.1) is 6.20 Å². The highest BCUT2D eigenvalue weighted by Gasteiger charge is 2.33. The van der Waals surface area contributed by atoms with E-state index in [0.29, 0.717) is 16.8 Å². The molecule has 1 N–H and O–H groups in total. The van der Waals surface area contributed by atoms with Gasteiger partial charge in [0.25, 0.3) is 11.8 Å². The summed E-state index contributed by atoms with van der Waals surface area (Å²) in [7, 11) is 0. The lowest BCUT2D eigenvalue weighted by Crippen LogP contribution is -2.41. The fourth-order valence-electron chi connectivity index (χ4n) is 3.49. The number of anilines is 1. The zero-order valence-corrected chi connectivity index (χ0v) is 18.2. The molecule has 0 saturated carbocycles. The van der Waals surface area contributed by atoms with E-state index in [1.54, 1.807) is 0 Å². The molecular weight excluding hydrogens is 457 g/mol. The number of benzene rings is 3. The van der Waals surface area contributed by atoms with Crippen LogP contribution in [0.25, 0.3) is 0 Å². The number of rotatable bonds is 7. The highest BCUT2D eigenvalue weighted by Crippen LogP contribution is 2.27. The standard InChI is InChI=1S/C26H19F3N4O2/c27-19-5-1-17(2-6-19)16-33(26(35)23-15-30-13-14-31-23)24(18-3-7-20(28)8-4-18)25(34)32-22-11-9-21(29)10-12-22/h1-15,24H,16H2,(H,32,34)/t24-/m0/s1. The molecule has 0 aliphatic rings. The van der Waals surface area contributed by atoms with Crippen molar-refractivity contribution in [3.05, 3.63) is 126 Å². The van der Waals surface area contributed by atoms with E-state index in [9.17, 15) is 22.8 Å². The van der Waals surface area contributed by atoms with Crippen molar-refractivity contribution in [1.29, 1.82) is 0 Å². The van der Waals surface area contributed by atoms with Crippen LogP contribution in [0.15, 0.2) is 91.4 Å². The Hall–Kier alpha value is -4.53. The first-order valence-electron chi connectivity index (χ1n) is 10.5. The summed E-state index contributed by atoms with van der Waals surface area (Å²) in [6.07, 6.45) is 4.01. The van der Waals surface area contributed by atoms with Gasteiger partial charge in [0.2, 0.25) is 0 Å². The molecule has 35 heavy (non-hydrogen) atoms. The second-order valence-electron chi connectivity index (χ2n) is 7.60. The number of halogens is 3. The number of hydrogen-bond acceptors (Lipinski definition) is 4. The van der Waals surface area contributed by atoms with E-state index in [2.05, 4.69) is 15.3 Å². The third-order valence-electron chi connectivity index (χ3n) is 5.17. The summed E-state index contributed by atoms with van der Waals surface area (Å²) in [5.74, 6) is -2.69. The van der Waals surface area contributed by atoms with E-state index in [1.807, 2.05) is 0 Å². The molecule has 6 nitrogen and oxygen atoms in total. The summed E-state index contributed by atoms with van der Waals surface area (Å²) in [5.41, 5.74) is 1.16. The van der Waals surface area contributed by atoms with Gasteiger partial charge in [0.1, 0.15) is 29.2 Å². The van der Waals surface area contributed by atoms with E-state index >= 15 is 0 Å². The molecule has 0 unspecified atom stereocenters. The smallest absolute Gasteiger partial charge is 0.275 e. The Bertz CT molecular complexity index is 1300. The SMILES string of the molecule is O=C(Nc1ccc(F)cc1)[C@H](c1ccc(F)cc1)N(Cc1ccc(F)cc1)C(=O)c1cnccn1. The van der Waals surface area contributed by atoms with Crippen LogP contribution in [0.5, 0.6) is 0 Å². The predicted octanol–water partition coefficient (Wildman–Crippen LogP) is 4.92. The minimum atomic E-state index is -1.24. The minimum absolute atomic E-state index is 0.0173. The highest BCUT2D eigenvalue weighted by molar-refractivity contribution is 6.00. The number of nitrogens with zero attached hydrogens (tertiary/aromatic N) is 3. The molecule has 3 aromatic carbocycles. The van der Waals surface area contributed by atoms with Gasteiger partial charge < -0.3 is 10.2 Å². The number of nitrogens with one attached hydrogen (secondary N) is 1. The van der Waals surface area contributed by atoms with Gasteiger partial charge in [-0.15, -0.1) is 0 Å². The summed E-state index contributed by atoms with van der Waals surface area (Å²) >= 11 is 0. The summed E-state index contributed by atoms with van der Waals surface area (Å²) in [4.78, 5) is 36.3. The molecular formula is C26H19F3N4O2. The van der Waals surface area contributed by atoms with Gasteiger partial charge >= 0.3 is 0 Å². The summed E-state index contributed by atoms with van der Waals surface area (Å²) in [5, 5.41) is 2.67. The summed E-state index contributed by atoms with van der Waals surface area (Å²) in [6, 6.07) is 14.5. The second kappa shape index (κ2) is 10.6. The number of hydrogen-bond donors (Lipinski definition) is 1. The van der Waals surface area contributed by atoms with E-state index in [-0.39, 0.29) is 12.2 Å². The van der Waals surface area contributed by atoms with Crippen LogP contribution in [0.2, 0.25) is 0 Å². The fraction of sp³-hybridized carbons (Fsp3) is 0.0769. The first-order valence-corrected chi connectivity index (χ1v) is 10.5. The van der Waals surface area contributed by atoms with Crippen molar-refractivity contribution in [2.75, 3.05) is 5.32 Å². The molecule has 0 bridgehead atoms. The number of carbonyl (C=O) groups excluding carboxylic acids is 2. The van der Waals surface area contributed by atoms with E-state index in [1.165, 1.54) is 96.3 Å². The van der Waals surface area contributed by atoms with Crippen LogP contribution in [0.4, 0.5) is 18.9 Å². The molecule has 0 spiro atoms. The Kier molecular flexibility index (Phi) is 7.15. The van der Waals surface area contributed by atoms with Crippen molar-refractivity contribution in [2.24, 2.45) is 0 Å². The third kappa shape index (κ3) is 5.89. The zero-order valence-electron chi connectivity index (χ0n) is 18.2. The number of carbonyl (C=O) groups is 2. The quantitative estimate of drug-likeness (QED) is 0.411. The second-order valence-corrected chi connectivity index (χ2v) is 7.60. The molecule has 1 aromatic heterocycles. The number of amides is 2. The molecule has 1 heterocycles. The van der Waals surface area contributed by atoms with Crippen molar-refractivity contribution in [3.8, 4) is 0 Å². The van der Waals surface area contributed by atoms with Gasteiger partial charge in [-0.25, -0.2) is 18.2 Å². The Balaban J connectivity index is 1.77. The highest BCUT2D eigenvalue weighted by atomic mass is 19.1. The average Bonchev–Trinajstić information content (AvgIpc) is 2.87. The van der Waals surface area contributed by atoms with Crippen LogP contribution in [0.3, 0.4) is 0 Å². The van der Waals surface area contributed by atoms with E-state index in [4.69, 9.17) is 0 Å². The first kappa shape index (κ1) is 23.6. The number of aromatic nitrogens is 2. The molecule has 2 amide bonds. The molecule has 4 rings (SSSR count). The molecule has 1 atom stereocenters. The van der Waals surface area contributed by atoms with Crippen molar-refractivity contribution < 1.29 is 22.8 Å². The third-order valence-corrected chi connectivity index (χ3v) is 5.17. The fourth-order valence-corrected chi connectivity index (χ4v) is 3.49. The zero-order chi connectivity index (χ0) is 24.8. The van der Waals surface area contributed by atoms with Gasteiger partial charge in [-0.3, -0.25) is 14.6 Å². The van der Waals surface area contributed by atoms with Crippen LogP contribution in [0, 0.1) is 17.5 Å². The lowest BCUT2D eigenvalue weighted by Gasteiger charge is -2.31. The topological polar surface area (TPSA) is 75.2 Å². The van der Waals surface area contributed by atoms with Crippen LogP contribution in [-0.2, 0) is 11.3 Å². The van der Waals surface area contributed by atoms with Crippen molar-refractivity contribution in [1.82, 2.24) is 14.9 Å². The molecule has 9 heteroatoms. The summed E-state index contributed by atoms with van der Waals surface area (Å²) < 4.78 is 40.5. The normalized spacial score (nSPS) is 11.5.